The first kappa shape index (κ1) is 16.0. The quantitative estimate of drug-likeness (QED) is 0.832. The highest BCUT2D eigenvalue weighted by atomic mass is 35.5. The molecule has 22 heavy (non-hydrogen) atoms. The Kier molecular flexibility index (Phi) is 5.55. The van der Waals surface area contributed by atoms with Crippen LogP contribution < -0.4 is 10.1 Å². The van der Waals surface area contributed by atoms with Crippen molar-refractivity contribution in [2.24, 2.45) is 0 Å². The van der Waals surface area contributed by atoms with Crippen LogP contribution in [-0.4, -0.2) is 18.3 Å². The normalized spacial score (nSPS) is 10.1. The number of carbonyl (C=O) groups excluding carboxylic acids is 2. The molecule has 114 valence electrons. The summed E-state index contributed by atoms with van der Waals surface area (Å²) >= 11 is 5.87. The number of ether oxygens (including phenoxy) is 1. The summed E-state index contributed by atoms with van der Waals surface area (Å²) in [7, 11) is 0. The molecule has 0 atom stereocenters. The average Bonchev–Trinajstić information content (AvgIpc) is 2.51. The highest BCUT2D eigenvalue weighted by molar-refractivity contribution is 6.30. The molecule has 1 amide bonds. The van der Waals surface area contributed by atoms with Crippen molar-refractivity contribution < 1.29 is 14.3 Å². The summed E-state index contributed by atoms with van der Waals surface area (Å²) in [5, 5.41) is 3.38. The Hall–Kier alpha value is -2.33. The molecule has 0 saturated carbocycles. The van der Waals surface area contributed by atoms with Gasteiger partial charge in [0.05, 0.1) is 0 Å². The van der Waals surface area contributed by atoms with Gasteiger partial charge in [-0.15, -0.1) is 0 Å². The van der Waals surface area contributed by atoms with Crippen LogP contribution in [0.5, 0.6) is 5.75 Å². The van der Waals surface area contributed by atoms with Gasteiger partial charge >= 0.3 is 0 Å². The van der Waals surface area contributed by atoms with Gasteiger partial charge in [0.25, 0.3) is 5.91 Å². The SMILES string of the molecule is CC(=O)c1ccc(OCC(=O)NCc2cccc(Cl)c2)cc1. The first-order valence-corrected chi connectivity index (χ1v) is 7.17. The highest BCUT2D eigenvalue weighted by Gasteiger charge is 2.04. The molecule has 4 nitrogen and oxygen atoms in total. The first-order valence-electron chi connectivity index (χ1n) is 6.79. The minimum absolute atomic E-state index is 0.00850. The largest absolute Gasteiger partial charge is 0.484 e. The fraction of sp³-hybridized carbons (Fsp3) is 0.176. The topological polar surface area (TPSA) is 55.4 Å². The van der Waals surface area contributed by atoms with Gasteiger partial charge in [-0.05, 0) is 48.9 Å². The predicted molar refractivity (Wildman–Crippen MR) is 85.2 cm³/mol. The van der Waals surface area contributed by atoms with Gasteiger partial charge in [-0.3, -0.25) is 9.59 Å². The lowest BCUT2D eigenvalue weighted by molar-refractivity contribution is -0.123. The molecule has 0 unspecified atom stereocenters. The monoisotopic (exact) mass is 317 g/mol. The van der Waals surface area contributed by atoms with Crippen molar-refractivity contribution in [2.75, 3.05) is 6.61 Å². The van der Waals surface area contributed by atoms with E-state index in [2.05, 4.69) is 5.32 Å². The van der Waals surface area contributed by atoms with Gasteiger partial charge in [0, 0.05) is 17.1 Å². The van der Waals surface area contributed by atoms with Crippen molar-refractivity contribution in [2.45, 2.75) is 13.5 Å². The minimum atomic E-state index is -0.226. The van der Waals surface area contributed by atoms with Gasteiger partial charge in [0.1, 0.15) is 5.75 Å². The fourth-order valence-electron chi connectivity index (χ4n) is 1.83. The Morgan fingerprint density at radius 2 is 1.86 bits per heavy atom. The van der Waals surface area contributed by atoms with Crippen LogP contribution in [0.2, 0.25) is 5.02 Å². The van der Waals surface area contributed by atoms with E-state index in [0.717, 1.165) is 5.56 Å². The molecule has 0 saturated heterocycles. The zero-order chi connectivity index (χ0) is 15.9. The molecule has 0 bridgehead atoms. The molecular weight excluding hydrogens is 302 g/mol. The predicted octanol–water partition coefficient (Wildman–Crippen LogP) is 3.24. The molecule has 1 N–H and O–H groups in total. The van der Waals surface area contributed by atoms with Crippen LogP contribution in [0.15, 0.2) is 48.5 Å². The van der Waals surface area contributed by atoms with Crippen LogP contribution in [0.4, 0.5) is 0 Å². The molecule has 2 aromatic carbocycles. The van der Waals surface area contributed by atoms with Crippen molar-refractivity contribution in [1.82, 2.24) is 5.32 Å². The molecule has 0 spiro atoms. The van der Waals surface area contributed by atoms with Crippen LogP contribution >= 0.6 is 11.6 Å². The molecule has 0 aromatic heterocycles. The second-order valence-corrected chi connectivity index (χ2v) is 5.21. The summed E-state index contributed by atoms with van der Waals surface area (Å²) in [4.78, 5) is 22.9. The maximum Gasteiger partial charge on any atom is 0.258 e. The third kappa shape index (κ3) is 4.90. The fourth-order valence-corrected chi connectivity index (χ4v) is 2.05. The molecular formula is C17H16ClNO3. The van der Waals surface area contributed by atoms with Crippen LogP contribution in [0.1, 0.15) is 22.8 Å². The van der Waals surface area contributed by atoms with Crippen LogP contribution in [0.3, 0.4) is 0 Å². The number of ketones is 1. The van der Waals surface area contributed by atoms with Crippen molar-refractivity contribution in [3.63, 3.8) is 0 Å². The summed E-state index contributed by atoms with van der Waals surface area (Å²) in [6.07, 6.45) is 0. The zero-order valence-corrected chi connectivity index (χ0v) is 12.9. The maximum absolute atomic E-state index is 11.7. The summed E-state index contributed by atoms with van der Waals surface area (Å²) in [5.74, 6) is 0.310. The summed E-state index contributed by atoms with van der Waals surface area (Å²) < 4.78 is 5.37. The Balaban J connectivity index is 1.79. The standard InChI is InChI=1S/C17H16ClNO3/c1-12(20)14-5-7-16(8-6-14)22-11-17(21)19-10-13-3-2-4-15(18)9-13/h2-9H,10-11H2,1H3,(H,19,21). The number of nitrogens with one attached hydrogen (secondary N) is 1. The maximum atomic E-state index is 11.7. The third-order valence-corrected chi connectivity index (χ3v) is 3.24. The second kappa shape index (κ2) is 7.61. The summed E-state index contributed by atoms with van der Waals surface area (Å²) in [5.41, 5.74) is 1.53. The van der Waals surface area contributed by atoms with E-state index >= 15 is 0 Å². The summed E-state index contributed by atoms with van der Waals surface area (Å²) in [6.45, 7) is 1.81. The van der Waals surface area contributed by atoms with E-state index in [9.17, 15) is 9.59 Å². The van der Waals surface area contributed by atoms with E-state index < -0.39 is 0 Å². The number of rotatable bonds is 6. The number of benzene rings is 2. The van der Waals surface area contributed by atoms with Crippen LogP contribution in [-0.2, 0) is 11.3 Å². The molecule has 0 fully saturated rings. The molecule has 2 rings (SSSR count). The molecule has 0 heterocycles. The lowest BCUT2D eigenvalue weighted by Gasteiger charge is -2.08. The Morgan fingerprint density at radius 3 is 2.50 bits per heavy atom. The van der Waals surface area contributed by atoms with Gasteiger partial charge in [0.15, 0.2) is 12.4 Å². The number of carbonyl (C=O) groups is 2. The zero-order valence-electron chi connectivity index (χ0n) is 12.1. The van der Waals surface area contributed by atoms with E-state index in [1.165, 1.54) is 6.92 Å². The molecule has 0 aliphatic heterocycles. The van der Waals surface area contributed by atoms with Gasteiger partial charge in [0.2, 0.25) is 0 Å². The van der Waals surface area contributed by atoms with Gasteiger partial charge in [-0.25, -0.2) is 0 Å². The van der Waals surface area contributed by atoms with E-state index in [1.54, 1.807) is 36.4 Å². The van der Waals surface area contributed by atoms with Crippen LogP contribution in [0, 0.1) is 0 Å². The van der Waals surface area contributed by atoms with Gasteiger partial charge in [-0.2, -0.15) is 0 Å². The minimum Gasteiger partial charge on any atom is -0.484 e. The molecule has 0 radical (unpaired) electrons. The number of amides is 1. The average molecular weight is 318 g/mol. The first-order chi connectivity index (χ1) is 10.5. The number of halogens is 1. The third-order valence-electron chi connectivity index (χ3n) is 3.01. The molecule has 0 aliphatic carbocycles. The van der Waals surface area contributed by atoms with Crippen molar-refractivity contribution in [1.29, 1.82) is 0 Å². The van der Waals surface area contributed by atoms with Gasteiger partial charge < -0.3 is 10.1 Å². The Bertz CT molecular complexity index is 668. The van der Waals surface area contributed by atoms with E-state index in [1.807, 2.05) is 12.1 Å². The molecule has 5 heteroatoms. The van der Waals surface area contributed by atoms with Crippen molar-refractivity contribution in [3.05, 3.63) is 64.7 Å². The van der Waals surface area contributed by atoms with E-state index in [4.69, 9.17) is 16.3 Å². The van der Waals surface area contributed by atoms with Crippen LogP contribution in [0.25, 0.3) is 0 Å². The Labute approximate surface area is 134 Å². The number of hydrogen-bond acceptors (Lipinski definition) is 3. The van der Waals surface area contributed by atoms with E-state index in [0.29, 0.717) is 22.9 Å². The smallest absolute Gasteiger partial charge is 0.258 e. The number of Topliss-reactive ketones (excluding diaryl/α,β-unsaturated/α-hetero) is 1. The molecule has 0 aliphatic rings. The Morgan fingerprint density at radius 1 is 1.14 bits per heavy atom. The highest BCUT2D eigenvalue weighted by Crippen LogP contribution is 2.13. The molecule has 2 aromatic rings. The number of hydrogen-bond donors (Lipinski definition) is 1. The van der Waals surface area contributed by atoms with E-state index in [-0.39, 0.29) is 18.3 Å². The van der Waals surface area contributed by atoms with Gasteiger partial charge in [-0.1, -0.05) is 23.7 Å². The van der Waals surface area contributed by atoms with Crippen molar-refractivity contribution >= 4 is 23.3 Å². The lowest BCUT2D eigenvalue weighted by Crippen LogP contribution is -2.28. The lowest BCUT2D eigenvalue weighted by atomic mass is 10.1. The summed E-state index contributed by atoms with van der Waals surface area (Å²) in [6, 6.07) is 14.0. The second-order valence-electron chi connectivity index (χ2n) is 4.78. The van der Waals surface area contributed by atoms with Crippen molar-refractivity contribution in [3.8, 4) is 5.75 Å².